The molecular formula is C12H16O3S. The van der Waals surface area contributed by atoms with Crippen molar-refractivity contribution >= 4 is 9.84 Å². The third kappa shape index (κ3) is 2.85. The molecule has 1 aromatic rings. The largest absolute Gasteiger partial charge is 0.497 e. The molecule has 0 N–H and O–H groups in total. The summed E-state index contributed by atoms with van der Waals surface area (Å²) >= 11 is 0. The summed E-state index contributed by atoms with van der Waals surface area (Å²) in [5.74, 6) is 0.707. The van der Waals surface area contributed by atoms with E-state index in [9.17, 15) is 8.42 Å². The average Bonchev–Trinajstić information content (AvgIpc) is 2.25. The van der Waals surface area contributed by atoms with Gasteiger partial charge in [0.1, 0.15) is 5.75 Å². The van der Waals surface area contributed by atoms with Gasteiger partial charge in [-0.1, -0.05) is 12.2 Å². The van der Waals surface area contributed by atoms with Gasteiger partial charge in [-0.15, -0.1) is 0 Å². The second-order valence-corrected chi connectivity index (χ2v) is 5.48. The first kappa shape index (κ1) is 12.8. The number of rotatable bonds is 4. The van der Waals surface area contributed by atoms with Crippen LogP contribution in [0.25, 0.3) is 0 Å². The first-order valence-corrected chi connectivity index (χ1v) is 6.65. The van der Waals surface area contributed by atoms with Crippen LogP contribution < -0.4 is 4.74 Å². The highest BCUT2D eigenvalue weighted by molar-refractivity contribution is 7.91. The van der Waals surface area contributed by atoms with Crippen LogP contribution in [0.1, 0.15) is 12.5 Å². The van der Waals surface area contributed by atoms with Gasteiger partial charge in [-0.05, 0) is 37.6 Å². The summed E-state index contributed by atoms with van der Waals surface area (Å²) in [7, 11) is -1.66. The normalized spacial score (nSPS) is 11.9. The van der Waals surface area contributed by atoms with Crippen LogP contribution in [-0.4, -0.2) is 21.3 Å². The van der Waals surface area contributed by atoms with Gasteiger partial charge in [0, 0.05) is 0 Å². The first-order valence-electron chi connectivity index (χ1n) is 5.00. The predicted molar refractivity (Wildman–Crippen MR) is 64.6 cm³/mol. The lowest BCUT2D eigenvalue weighted by molar-refractivity contribution is 0.414. The van der Waals surface area contributed by atoms with E-state index in [-0.39, 0.29) is 5.75 Å². The second kappa shape index (κ2) is 5.16. The van der Waals surface area contributed by atoms with E-state index in [1.807, 2.05) is 0 Å². The van der Waals surface area contributed by atoms with Crippen LogP contribution in [0.2, 0.25) is 0 Å². The minimum atomic E-state index is -3.22. The maximum absolute atomic E-state index is 11.9. The van der Waals surface area contributed by atoms with Crippen molar-refractivity contribution < 1.29 is 13.2 Å². The Morgan fingerprint density at radius 1 is 1.38 bits per heavy atom. The fraction of sp³-hybridized carbons (Fsp3) is 0.333. The molecule has 0 heterocycles. The second-order valence-electron chi connectivity index (χ2n) is 3.48. The van der Waals surface area contributed by atoms with Crippen molar-refractivity contribution in [2.75, 3.05) is 12.9 Å². The van der Waals surface area contributed by atoms with Crippen molar-refractivity contribution in [1.29, 1.82) is 0 Å². The Hall–Kier alpha value is -1.29. The van der Waals surface area contributed by atoms with Crippen LogP contribution in [0.15, 0.2) is 35.2 Å². The van der Waals surface area contributed by atoms with Crippen molar-refractivity contribution in [3.8, 4) is 5.75 Å². The molecule has 0 bridgehead atoms. The van der Waals surface area contributed by atoms with Gasteiger partial charge in [0.15, 0.2) is 9.84 Å². The molecule has 88 valence electrons. The summed E-state index contributed by atoms with van der Waals surface area (Å²) in [6, 6.07) is 4.98. The zero-order valence-corrected chi connectivity index (χ0v) is 10.5. The molecule has 4 heteroatoms. The van der Waals surface area contributed by atoms with Gasteiger partial charge in [-0.2, -0.15) is 0 Å². The molecule has 16 heavy (non-hydrogen) atoms. The first-order chi connectivity index (χ1) is 7.51. The van der Waals surface area contributed by atoms with Crippen molar-refractivity contribution in [2.24, 2.45) is 0 Å². The molecule has 0 radical (unpaired) electrons. The minimum absolute atomic E-state index is 0.0384. The zero-order chi connectivity index (χ0) is 12.2. The number of allylic oxidation sites excluding steroid dienone is 1. The monoisotopic (exact) mass is 240 g/mol. The number of aryl methyl sites for hydroxylation is 1. The summed E-state index contributed by atoms with van der Waals surface area (Å²) in [6.45, 7) is 3.57. The van der Waals surface area contributed by atoms with Gasteiger partial charge in [0.2, 0.25) is 0 Å². The predicted octanol–water partition coefficient (Wildman–Crippen LogP) is 2.35. The van der Waals surface area contributed by atoms with Gasteiger partial charge in [0.05, 0.1) is 17.8 Å². The van der Waals surface area contributed by atoms with Crippen molar-refractivity contribution in [3.05, 3.63) is 35.9 Å². The quantitative estimate of drug-likeness (QED) is 0.759. The van der Waals surface area contributed by atoms with Crippen LogP contribution >= 0.6 is 0 Å². The zero-order valence-electron chi connectivity index (χ0n) is 9.73. The number of hydrogen-bond donors (Lipinski definition) is 0. The molecule has 0 aliphatic heterocycles. The Kier molecular flexibility index (Phi) is 4.12. The van der Waals surface area contributed by atoms with Crippen LogP contribution in [-0.2, 0) is 9.84 Å². The molecule has 1 rings (SSSR count). The molecule has 0 amide bonds. The van der Waals surface area contributed by atoms with E-state index in [1.54, 1.807) is 51.3 Å². The van der Waals surface area contributed by atoms with E-state index in [0.29, 0.717) is 16.2 Å². The highest BCUT2D eigenvalue weighted by Gasteiger charge is 2.15. The topological polar surface area (TPSA) is 43.4 Å². The molecule has 0 saturated heterocycles. The fourth-order valence-electron chi connectivity index (χ4n) is 1.41. The van der Waals surface area contributed by atoms with E-state index >= 15 is 0 Å². The third-order valence-electron chi connectivity index (χ3n) is 2.27. The summed E-state index contributed by atoms with van der Waals surface area (Å²) < 4.78 is 28.9. The lowest BCUT2D eigenvalue weighted by atomic mass is 10.2. The lowest BCUT2D eigenvalue weighted by Crippen LogP contribution is -2.06. The number of benzene rings is 1. The lowest BCUT2D eigenvalue weighted by Gasteiger charge is -2.07. The summed E-state index contributed by atoms with van der Waals surface area (Å²) in [4.78, 5) is 0.367. The Labute approximate surface area is 96.7 Å². The SMILES string of the molecule is CC=CCS(=O)(=O)c1ccc(OC)cc1C. The molecule has 0 atom stereocenters. The maximum atomic E-state index is 11.9. The van der Waals surface area contributed by atoms with Crippen LogP contribution in [0.3, 0.4) is 0 Å². The molecule has 0 spiro atoms. The standard InChI is InChI=1S/C12H16O3S/c1-4-5-8-16(13,14)12-7-6-11(15-3)9-10(12)2/h4-7,9H,8H2,1-3H3. The highest BCUT2D eigenvalue weighted by Crippen LogP contribution is 2.21. The molecule has 0 saturated carbocycles. The molecule has 0 unspecified atom stereocenters. The molecule has 0 aromatic heterocycles. The van der Waals surface area contributed by atoms with Gasteiger partial charge in [-0.3, -0.25) is 0 Å². The van der Waals surface area contributed by atoms with E-state index in [0.717, 1.165) is 0 Å². The number of sulfone groups is 1. The molecule has 0 fully saturated rings. The molecule has 0 aliphatic carbocycles. The average molecular weight is 240 g/mol. The fourth-order valence-corrected chi connectivity index (χ4v) is 2.86. The van der Waals surface area contributed by atoms with E-state index in [1.165, 1.54) is 0 Å². The van der Waals surface area contributed by atoms with Crippen LogP contribution in [0.5, 0.6) is 5.75 Å². The molecule has 1 aromatic carbocycles. The van der Waals surface area contributed by atoms with Gasteiger partial charge >= 0.3 is 0 Å². The third-order valence-corrected chi connectivity index (χ3v) is 4.03. The number of hydrogen-bond acceptors (Lipinski definition) is 3. The van der Waals surface area contributed by atoms with Crippen LogP contribution in [0.4, 0.5) is 0 Å². The Bertz CT molecular complexity index is 487. The summed E-state index contributed by atoms with van der Waals surface area (Å²) in [5.41, 5.74) is 0.712. The Morgan fingerprint density at radius 2 is 2.06 bits per heavy atom. The number of methoxy groups -OCH3 is 1. The van der Waals surface area contributed by atoms with Crippen LogP contribution in [0, 0.1) is 6.92 Å². The molecule has 3 nitrogen and oxygen atoms in total. The van der Waals surface area contributed by atoms with E-state index in [2.05, 4.69) is 0 Å². The maximum Gasteiger partial charge on any atom is 0.182 e. The smallest absolute Gasteiger partial charge is 0.182 e. The summed E-state index contributed by atoms with van der Waals surface area (Å²) in [5, 5.41) is 0. The molecular weight excluding hydrogens is 224 g/mol. The molecule has 0 aliphatic rings. The Balaban J connectivity index is 3.14. The van der Waals surface area contributed by atoms with Crippen molar-refractivity contribution in [1.82, 2.24) is 0 Å². The highest BCUT2D eigenvalue weighted by atomic mass is 32.2. The number of ether oxygens (including phenoxy) is 1. The Morgan fingerprint density at radius 3 is 2.56 bits per heavy atom. The van der Waals surface area contributed by atoms with E-state index in [4.69, 9.17) is 4.74 Å². The van der Waals surface area contributed by atoms with Gasteiger partial charge in [0.25, 0.3) is 0 Å². The van der Waals surface area contributed by atoms with Crippen molar-refractivity contribution in [2.45, 2.75) is 18.7 Å². The van der Waals surface area contributed by atoms with Gasteiger partial charge < -0.3 is 4.74 Å². The minimum Gasteiger partial charge on any atom is -0.497 e. The summed E-state index contributed by atoms with van der Waals surface area (Å²) in [6.07, 6.45) is 3.37. The van der Waals surface area contributed by atoms with Gasteiger partial charge in [-0.25, -0.2) is 8.42 Å². The van der Waals surface area contributed by atoms with E-state index < -0.39 is 9.84 Å². The van der Waals surface area contributed by atoms with Crippen molar-refractivity contribution in [3.63, 3.8) is 0 Å².